The second-order valence-corrected chi connectivity index (χ2v) is 8.44. The number of thioether (sulfide) groups is 1. The van der Waals surface area contributed by atoms with Gasteiger partial charge in [-0.2, -0.15) is 0 Å². The summed E-state index contributed by atoms with van der Waals surface area (Å²) in [6, 6.07) is 13.7. The second-order valence-electron chi connectivity index (χ2n) is 6.78. The van der Waals surface area contributed by atoms with Gasteiger partial charge in [0.2, 0.25) is 5.91 Å². The summed E-state index contributed by atoms with van der Waals surface area (Å²) < 4.78 is 2.14. The molecule has 0 unspecified atom stereocenters. The van der Waals surface area contributed by atoms with Gasteiger partial charge in [0.25, 0.3) is 0 Å². The topological polar surface area (TPSA) is 72.7 Å². The van der Waals surface area contributed by atoms with Gasteiger partial charge in [0.15, 0.2) is 10.3 Å². The predicted molar refractivity (Wildman–Crippen MR) is 111 cm³/mol. The number of hydrogen-bond donors (Lipinski definition) is 1. The van der Waals surface area contributed by atoms with Gasteiger partial charge in [-0.25, -0.2) is 4.98 Å². The van der Waals surface area contributed by atoms with Crippen molar-refractivity contribution in [3.8, 4) is 0 Å². The number of nitrogens with zero attached hydrogens (tertiary/aromatic N) is 4. The molecular formula is C20H20ClN5OS. The summed E-state index contributed by atoms with van der Waals surface area (Å²) >= 11 is 7.44. The molecule has 1 aromatic carbocycles. The van der Waals surface area contributed by atoms with E-state index in [1.54, 1.807) is 18.3 Å². The standard InChI is InChI=1S/C20H20ClN5OS/c1-13(19(27)23-16-8-5-11-22-17(16)21)28-20-25-24-18(15-9-10-15)26(20)12-14-6-3-2-4-7-14/h2-8,11,13,15H,9-10,12H2,1H3,(H,23,27)/t13-/m0/s1. The average Bonchev–Trinajstić information content (AvgIpc) is 3.47. The van der Waals surface area contributed by atoms with Crippen molar-refractivity contribution in [2.45, 2.75) is 42.6 Å². The zero-order valence-corrected chi connectivity index (χ0v) is 17.0. The monoisotopic (exact) mass is 413 g/mol. The SMILES string of the molecule is C[C@H](Sc1nnc(C2CC2)n1Cc1ccccc1)C(=O)Nc1cccnc1Cl. The summed E-state index contributed by atoms with van der Waals surface area (Å²) in [5.41, 5.74) is 1.69. The van der Waals surface area contributed by atoms with E-state index < -0.39 is 0 Å². The number of benzene rings is 1. The highest BCUT2D eigenvalue weighted by molar-refractivity contribution is 8.00. The van der Waals surface area contributed by atoms with Crippen LogP contribution in [-0.2, 0) is 11.3 Å². The van der Waals surface area contributed by atoms with Gasteiger partial charge < -0.3 is 9.88 Å². The molecule has 28 heavy (non-hydrogen) atoms. The Kier molecular flexibility index (Phi) is 5.64. The highest BCUT2D eigenvalue weighted by Gasteiger charge is 2.31. The van der Waals surface area contributed by atoms with E-state index >= 15 is 0 Å². The van der Waals surface area contributed by atoms with Crippen molar-refractivity contribution >= 4 is 35.0 Å². The van der Waals surface area contributed by atoms with Crippen LogP contribution < -0.4 is 5.32 Å². The van der Waals surface area contributed by atoms with Crippen LogP contribution in [0.3, 0.4) is 0 Å². The number of anilines is 1. The van der Waals surface area contributed by atoms with Crippen LogP contribution in [0.25, 0.3) is 0 Å². The van der Waals surface area contributed by atoms with E-state index in [0.717, 1.165) is 23.8 Å². The van der Waals surface area contributed by atoms with Crippen molar-refractivity contribution in [2.24, 2.45) is 0 Å². The lowest BCUT2D eigenvalue weighted by Crippen LogP contribution is -2.23. The van der Waals surface area contributed by atoms with Crippen LogP contribution in [0, 0.1) is 0 Å². The van der Waals surface area contributed by atoms with Crippen LogP contribution in [0.2, 0.25) is 5.15 Å². The Morgan fingerprint density at radius 3 is 2.75 bits per heavy atom. The van der Waals surface area contributed by atoms with Crippen molar-refractivity contribution in [2.75, 3.05) is 5.32 Å². The Labute approximate surface area is 172 Å². The minimum absolute atomic E-state index is 0.151. The van der Waals surface area contributed by atoms with E-state index in [-0.39, 0.29) is 16.3 Å². The zero-order valence-electron chi connectivity index (χ0n) is 15.4. The molecule has 3 aromatic rings. The third kappa shape index (κ3) is 4.36. The third-order valence-electron chi connectivity index (χ3n) is 4.54. The van der Waals surface area contributed by atoms with E-state index in [1.807, 2.05) is 25.1 Å². The molecule has 1 N–H and O–H groups in total. The van der Waals surface area contributed by atoms with Crippen LogP contribution >= 0.6 is 23.4 Å². The van der Waals surface area contributed by atoms with Gasteiger partial charge >= 0.3 is 0 Å². The number of pyridine rings is 1. The average molecular weight is 414 g/mol. The van der Waals surface area contributed by atoms with Gasteiger partial charge in [-0.05, 0) is 37.5 Å². The molecule has 8 heteroatoms. The van der Waals surface area contributed by atoms with Gasteiger partial charge in [-0.3, -0.25) is 4.79 Å². The summed E-state index contributed by atoms with van der Waals surface area (Å²) in [7, 11) is 0. The molecule has 2 heterocycles. The molecule has 0 bridgehead atoms. The first kappa shape index (κ1) is 19.0. The molecule has 0 aliphatic heterocycles. The van der Waals surface area contributed by atoms with E-state index in [9.17, 15) is 4.79 Å². The Morgan fingerprint density at radius 2 is 2.04 bits per heavy atom. The first-order valence-electron chi connectivity index (χ1n) is 9.17. The summed E-state index contributed by atoms with van der Waals surface area (Å²) in [6.07, 6.45) is 3.88. The molecular weight excluding hydrogens is 394 g/mol. The number of carbonyl (C=O) groups is 1. The number of carbonyl (C=O) groups excluding carboxylic acids is 1. The summed E-state index contributed by atoms with van der Waals surface area (Å²) in [5, 5.41) is 12.3. The molecule has 1 aliphatic rings. The molecule has 2 aromatic heterocycles. The molecule has 1 atom stereocenters. The molecule has 4 rings (SSSR count). The Balaban J connectivity index is 1.51. The van der Waals surface area contributed by atoms with Gasteiger partial charge in [0.05, 0.1) is 17.5 Å². The fourth-order valence-electron chi connectivity index (χ4n) is 2.87. The highest BCUT2D eigenvalue weighted by Crippen LogP contribution is 2.40. The lowest BCUT2D eigenvalue weighted by atomic mass is 10.2. The lowest BCUT2D eigenvalue weighted by Gasteiger charge is -2.14. The van der Waals surface area contributed by atoms with E-state index in [2.05, 4.69) is 37.2 Å². The second kappa shape index (κ2) is 8.32. The molecule has 1 aliphatic carbocycles. The minimum atomic E-state index is -0.359. The van der Waals surface area contributed by atoms with Gasteiger partial charge in [-0.1, -0.05) is 53.7 Å². The molecule has 1 saturated carbocycles. The fraction of sp³-hybridized carbons (Fsp3) is 0.300. The van der Waals surface area contributed by atoms with E-state index in [0.29, 0.717) is 18.2 Å². The van der Waals surface area contributed by atoms with Crippen molar-refractivity contribution in [1.29, 1.82) is 0 Å². The van der Waals surface area contributed by atoms with Gasteiger partial charge in [0, 0.05) is 12.1 Å². The lowest BCUT2D eigenvalue weighted by molar-refractivity contribution is -0.115. The van der Waals surface area contributed by atoms with Crippen molar-refractivity contribution in [3.05, 3.63) is 65.2 Å². The minimum Gasteiger partial charge on any atom is -0.322 e. The van der Waals surface area contributed by atoms with Crippen LogP contribution in [0.1, 0.15) is 37.1 Å². The fourth-order valence-corrected chi connectivity index (χ4v) is 3.89. The molecule has 1 fully saturated rings. The normalized spacial score (nSPS) is 14.6. The predicted octanol–water partition coefficient (Wildman–Crippen LogP) is 4.37. The quantitative estimate of drug-likeness (QED) is 0.460. The summed E-state index contributed by atoms with van der Waals surface area (Å²) in [4.78, 5) is 16.6. The molecule has 144 valence electrons. The van der Waals surface area contributed by atoms with E-state index in [4.69, 9.17) is 11.6 Å². The third-order valence-corrected chi connectivity index (χ3v) is 5.92. The van der Waals surface area contributed by atoms with E-state index in [1.165, 1.54) is 17.3 Å². The number of amides is 1. The van der Waals surface area contributed by atoms with Gasteiger partial charge in [-0.15, -0.1) is 10.2 Å². The number of hydrogen-bond acceptors (Lipinski definition) is 5. The summed E-state index contributed by atoms with van der Waals surface area (Å²) in [6.45, 7) is 2.55. The molecule has 6 nitrogen and oxygen atoms in total. The van der Waals surface area contributed by atoms with Crippen molar-refractivity contribution < 1.29 is 4.79 Å². The smallest absolute Gasteiger partial charge is 0.237 e. The van der Waals surface area contributed by atoms with Crippen LogP contribution in [0.5, 0.6) is 0 Å². The number of aromatic nitrogens is 4. The van der Waals surface area contributed by atoms with Crippen LogP contribution in [-0.4, -0.2) is 30.9 Å². The first-order valence-corrected chi connectivity index (χ1v) is 10.4. The van der Waals surface area contributed by atoms with Crippen LogP contribution in [0.4, 0.5) is 5.69 Å². The molecule has 0 spiro atoms. The number of nitrogens with one attached hydrogen (secondary N) is 1. The van der Waals surface area contributed by atoms with Crippen molar-refractivity contribution in [1.82, 2.24) is 19.7 Å². The number of rotatable bonds is 7. The molecule has 1 amide bonds. The molecule has 0 saturated heterocycles. The Morgan fingerprint density at radius 1 is 1.25 bits per heavy atom. The maximum atomic E-state index is 12.6. The number of halogens is 1. The van der Waals surface area contributed by atoms with Gasteiger partial charge in [0.1, 0.15) is 5.82 Å². The maximum Gasteiger partial charge on any atom is 0.237 e. The first-order chi connectivity index (χ1) is 13.6. The zero-order chi connectivity index (χ0) is 19.5. The van der Waals surface area contributed by atoms with Crippen LogP contribution in [0.15, 0.2) is 53.8 Å². The Hall–Kier alpha value is -2.38. The Bertz CT molecular complexity index is 974. The molecule has 0 radical (unpaired) electrons. The largest absolute Gasteiger partial charge is 0.322 e. The van der Waals surface area contributed by atoms with Crippen molar-refractivity contribution in [3.63, 3.8) is 0 Å². The highest BCUT2D eigenvalue weighted by atomic mass is 35.5. The summed E-state index contributed by atoms with van der Waals surface area (Å²) in [5.74, 6) is 1.33. The maximum absolute atomic E-state index is 12.6.